The summed E-state index contributed by atoms with van der Waals surface area (Å²) in [7, 11) is 0. The molecule has 1 aromatic heterocycles. The molecule has 1 aliphatic rings. The number of nitrogens with zero attached hydrogens (tertiary/aromatic N) is 2. The molecule has 0 saturated carbocycles. The maximum absolute atomic E-state index is 12.6. The molecule has 1 fully saturated rings. The number of urea groups is 1. The molecule has 7 heteroatoms. The van der Waals surface area contributed by atoms with E-state index in [2.05, 4.69) is 28.8 Å². The Morgan fingerprint density at radius 2 is 1.91 bits per heavy atom. The molecule has 0 unspecified atom stereocenters. The van der Waals surface area contributed by atoms with Gasteiger partial charge in [-0.3, -0.25) is 10.1 Å². The smallest absolute Gasteiger partial charge is 0.323 e. The summed E-state index contributed by atoms with van der Waals surface area (Å²) >= 11 is 0. The Hall–Kier alpha value is -3.87. The van der Waals surface area contributed by atoms with Crippen LogP contribution in [0.3, 0.4) is 0 Å². The van der Waals surface area contributed by atoms with E-state index in [9.17, 15) is 9.59 Å². The SMILES string of the molecule is C=C/C=C(\C=C)OC1CCN(C(=O)Nc2cc(C(=O)NCc3ccccc3)ccn2)CC1. The lowest BCUT2D eigenvalue weighted by Gasteiger charge is -2.32. The first kappa shape index (κ1) is 22.8. The van der Waals surface area contributed by atoms with Gasteiger partial charge in [0.1, 0.15) is 17.7 Å². The van der Waals surface area contributed by atoms with Crippen LogP contribution in [0.25, 0.3) is 0 Å². The number of rotatable bonds is 8. The molecule has 1 aliphatic heterocycles. The summed E-state index contributed by atoms with van der Waals surface area (Å²) in [6.07, 6.45) is 8.03. The van der Waals surface area contributed by atoms with Crippen molar-refractivity contribution < 1.29 is 14.3 Å². The zero-order valence-electron chi connectivity index (χ0n) is 18.0. The van der Waals surface area contributed by atoms with E-state index in [0.717, 1.165) is 5.56 Å². The lowest BCUT2D eigenvalue weighted by molar-refractivity contribution is 0.0679. The molecular weight excluding hydrogens is 404 g/mol. The van der Waals surface area contributed by atoms with Crippen molar-refractivity contribution in [1.29, 1.82) is 0 Å². The van der Waals surface area contributed by atoms with Gasteiger partial charge in [0.25, 0.3) is 5.91 Å². The molecule has 0 bridgehead atoms. The topological polar surface area (TPSA) is 83.6 Å². The van der Waals surface area contributed by atoms with Gasteiger partial charge in [0.2, 0.25) is 0 Å². The molecule has 0 spiro atoms. The molecule has 0 aliphatic carbocycles. The predicted octanol–water partition coefficient (Wildman–Crippen LogP) is 4.28. The normalized spacial score (nSPS) is 14.4. The third kappa shape index (κ3) is 6.57. The first-order valence-electron chi connectivity index (χ1n) is 10.5. The van der Waals surface area contributed by atoms with E-state index >= 15 is 0 Å². The summed E-state index contributed by atoms with van der Waals surface area (Å²) in [5, 5.41) is 5.65. The van der Waals surface area contributed by atoms with Crippen LogP contribution in [-0.4, -0.2) is 41.0 Å². The molecule has 0 atom stereocenters. The average Bonchev–Trinajstić information content (AvgIpc) is 2.83. The van der Waals surface area contributed by atoms with Crippen LogP contribution in [0.1, 0.15) is 28.8 Å². The standard InChI is InChI=1S/C25H28N4O3/c1-3-8-21(4-2)32-22-12-15-29(16-13-22)25(31)28-23-17-20(11-14-26-23)24(30)27-18-19-9-6-5-7-10-19/h3-11,14,17,22H,1-2,12-13,15-16,18H2,(H,27,30)(H,26,28,31)/b21-8+. The molecule has 7 nitrogen and oxygen atoms in total. The fourth-order valence-electron chi connectivity index (χ4n) is 3.35. The number of carbonyl (C=O) groups is 2. The van der Waals surface area contributed by atoms with E-state index in [1.165, 1.54) is 6.20 Å². The van der Waals surface area contributed by atoms with Gasteiger partial charge in [0.15, 0.2) is 0 Å². The number of nitrogens with one attached hydrogen (secondary N) is 2. The number of likely N-dealkylation sites (tertiary alicyclic amines) is 1. The monoisotopic (exact) mass is 432 g/mol. The molecule has 3 amide bonds. The highest BCUT2D eigenvalue weighted by atomic mass is 16.5. The maximum atomic E-state index is 12.6. The Morgan fingerprint density at radius 3 is 2.59 bits per heavy atom. The van der Waals surface area contributed by atoms with E-state index in [4.69, 9.17) is 4.74 Å². The molecule has 2 N–H and O–H groups in total. The summed E-state index contributed by atoms with van der Waals surface area (Å²) in [5.41, 5.74) is 1.44. The van der Waals surface area contributed by atoms with Crippen LogP contribution in [0.15, 0.2) is 85.8 Å². The Balaban J connectivity index is 1.50. The van der Waals surface area contributed by atoms with Gasteiger partial charge in [0.05, 0.1) is 0 Å². The molecule has 32 heavy (non-hydrogen) atoms. The highest BCUT2D eigenvalue weighted by Gasteiger charge is 2.24. The van der Waals surface area contributed by atoms with Gasteiger partial charge in [-0.2, -0.15) is 0 Å². The highest BCUT2D eigenvalue weighted by molar-refractivity contribution is 5.96. The Kier molecular flexibility index (Phi) is 8.20. The molecule has 2 heterocycles. The molecule has 3 rings (SSSR count). The summed E-state index contributed by atoms with van der Waals surface area (Å²) in [4.78, 5) is 31.0. The minimum Gasteiger partial charge on any atom is -0.490 e. The molecular formula is C25H28N4O3. The number of ether oxygens (including phenoxy) is 1. The minimum absolute atomic E-state index is 0.0259. The molecule has 166 valence electrons. The first-order valence-corrected chi connectivity index (χ1v) is 10.5. The second-order valence-electron chi connectivity index (χ2n) is 7.34. The van der Waals surface area contributed by atoms with Crippen LogP contribution >= 0.6 is 0 Å². The predicted molar refractivity (Wildman–Crippen MR) is 125 cm³/mol. The van der Waals surface area contributed by atoms with Gasteiger partial charge in [-0.25, -0.2) is 9.78 Å². The van der Waals surface area contributed by atoms with Gasteiger partial charge in [-0.05, 0) is 29.8 Å². The molecule has 2 aromatic rings. The van der Waals surface area contributed by atoms with E-state index in [0.29, 0.717) is 49.6 Å². The summed E-state index contributed by atoms with van der Waals surface area (Å²) in [6.45, 7) is 8.94. The van der Waals surface area contributed by atoms with Crippen molar-refractivity contribution in [2.24, 2.45) is 0 Å². The molecule has 1 saturated heterocycles. The van der Waals surface area contributed by atoms with Crippen molar-refractivity contribution >= 4 is 17.8 Å². The number of piperidine rings is 1. The number of allylic oxidation sites excluding steroid dienone is 3. The lowest BCUT2D eigenvalue weighted by atomic mass is 10.1. The molecule has 0 radical (unpaired) electrons. The van der Waals surface area contributed by atoms with Crippen LogP contribution in [0.2, 0.25) is 0 Å². The van der Waals surface area contributed by atoms with Crippen molar-refractivity contribution in [2.75, 3.05) is 18.4 Å². The van der Waals surface area contributed by atoms with E-state index in [1.54, 1.807) is 35.3 Å². The molecule has 1 aromatic carbocycles. The third-order valence-corrected chi connectivity index (χ3v) is 5.07. The largest absolute Gasteiger partial charge is 0.490 e. The van der Waals surface area contributed by atoms with Crippen molar-refractivity contribution in [1.82, 2.24) is 15.2 Å². The van der Waals surface area contributed by atoms with Crippen molar-refractivity contribution in [3.8, 4) is 0 Å². The number of pyridine rings is 1. The second kappa shape index (κ2) is 11.5. The van der Waals surface area contributed by atoms with E-state index < -0.39 is 0 Å². The third-order valence-electron chi connectivity index (χ3n) is 5.07. The minimum atomic E-state index is -0.247. The number of anilines is 1. The number of carbonyl (C=O) groups excluding carboxylic acids is 2. The van der Waals surface area contributed by atoms with Crippen molar-refractivity contribution in [3.63, 3.8) is 0 Å². The quantitative estimate of drug-likeness (QED) is 0.482. The van der Waals surface area contributed by atoms with Crippen LogP contribution in [0, 0.1) is 0 Å². The van der Waals surface area contributed by atoms with E-state index in [-0.39, 0.29) is 18.0 Å². The fraction of sp³-hybridized carbons (Fsp3) is 0.240. The summed E-state index contributed by atoms with van der Waals surface area (Å²) in [5.74, 6) is 0.786. The Morgan fingerprint density at radius 1 is 1.16 bits per heavy atom. The first-order chi connectivity index (χ1) is 15.6. The van der Waals surface area contributed by atoms with Crippen molar-refractivity contribution in [2.45, 2.75) is 25.5 Å². The van der Waals surface area contributed by atoms with Crippen molar-refractivity contribution in [3.05, 3.63) is 96.9 Å². The van der Waals surface area contributed by atoms with Crippen LogP contribution in [0.4, 0.5) is 10.6 Å². The van der Waals surface area contributed by atoms with Crippen LogP contribution in [0.5, 0.6) is 0 Å². The summed E-state index contributed by atoms with van der Waals surface area (Å²) in [6, 6.07) is 12.6. The van der Waals surface area contributed by atoms with E-state index in [1.807, 2.05) is 30.3 Å². The number of hydrogen-bond acceptors (Lipinski definition) is 4. The Labute approximate surface area is 188 Å². The fourth-order valence-corrected chi connectivity index (χ4v) is 3.35. The summed E-state index contributed by atoms with van der Waals surface area (Å²) < 4.78 is 5.88. The zero-order valence-corrected chi connectivity index (χ0v) is 18.0. The maximum Gasteiger partial charge on any atom is 0.323 e. The van der Waals surface area contributed by atoms with Gasteiger partial charge in [0, 0.05) is 44.2 Å². The number of hydrogen-bond donors (Lipinski definition) is 2. The highest BCUT2D eigenvalue weighted by Crippen LogP contribution is 2.18. The average molecular weight is 433 g/mol. The number of aromatic nitrogens is 1. The van der Waals surface area contributed by atoms with Gasteiger partial charge < -0.3 is 15.0 Å². The Bertz CT molecular complexity index is 980. The van der Waals surface area contributed by atoms with Gasteiger partial charge in [-0.15, -0.1) is 0 Å². The van der Waals surface area contributed by atoms with Gasteiger partial charge in [-0.1, -0.05) is 49.6 Å². The number of amides is 3. The van der Waals surface area contributed by atoms with Crippen LogP contribution in [-0.2, 0) is 11.3 Å². The lowest BCUT2D eigenvalue weighted by Crippen LogP contribution is -2.43. The number of benzene rings is 1. The van der Waals surface area contributed by atoms with Gasteiger partial charge >= 0.3 is 6.03 Å². The second-order valence-corrected chi connectivity index (χ2v) is 7.34. The van der Waals surface area contributed by atoms with Crippen LogP contribution < -0.4 is 10.6 Å². The zero-order chi connectivity index (χ0) is 22.8.